The Balaban J connectivity index is 2.49. The molecule has 3 N–H and O–H groups in total. The van der Waals surface area contributed by atoms with Crippen LogP contribution in [0.25, 0.3) is 0 Å². The summed E-state index contributed by atoms with van der Waals surface area (Å²) in [5.74, 6) is 0.279. The van der Waals surface area contributed by atoms with E-state index in [9.17, 15) is 4.39 Å². The zero-order valence-corrected chi connectivity index (χ0v) is 11.8. The molecule has 0 aliphatic carbocycles. The second-order valence-corrected chi connectivity index (χ2v) is 4.60. The fourth-order valence-corrected chi connectivity index (χ4v) is 2.19. The lowest BCUT2D eigenvalue weighted by atomic mass is 9.98. The fraction of sp³-hybridized carbons (Fsp3) is 0.267. The van der Waals surface area contributed by atoms with Crippen molar-refractivity contribution in [3.63, 3.8) is 0 Å². The Hall–Kier alpha value is -2.14. The molecule has 0 bridgehead atoms. The summed E-state index contributed by atoms with van der Waals surface area (Å²) in [7, 11) is 3.27. The summed E-state index contributed by atoms with van der Waals surface area (Å²) in [5.41, 5.74) is 8.69. The first-order valence-corrected chi connectivity index (χ1v) is 6.29. The van der Waals surface area contributed by atoms with Crippen LogP contribution < -0.4 is 15.8 Å². The van der Waals surface area contributed by atoms with E-state index in [-0.39, 0.29) is 17.6 Å². The Kier molecular flexibility index (Phi) is 4.20. The third kappa shape index (κ3) is 2.72. The van der Waals surface area contributed by atoms with Crippen LogP contribution in [-0.4, -0.2) is 19.1 Å². The predicted octanol–water partition coefficient (Wildman–Crippen LogP) is 2.43. The van der Waals surface area contributed by atoms with Gasteiger partial charge in [-0.05, 0) is 43.3 Å². The Labute approximate surface area is 117 Å². The van der Waals surface area contributed by atoms with E-state index in [4.69, 9.17) is 10.5 Å². The number of nitrogens with one attached hydrogen (secondary N) is 1. The maximum absolute atomic E-state index is 13.5. The van der Waals surface area contributed by atoms with Gasteiger partial charge in [-0.2, -0.15) is 0 Å². The number of halogens is 1. The zero-order chi connectivity index (χ0) is 14.7. The quantitative estimate of drug-likeness (QED) is 0.899. The number of aryl methyl sites for hydroxylation is 1. The molecule has 2 rings (SSSR count). The van der Waals surface area contributed by atoms with Crippen molar-refractivity contribution >= 4 is 5.82 Å². The van der Waals surface area contributed by atoms with Crippen LogP contribution in [0.15, 0.2) is 30.5 Å². The molecule has 1 unspecified atom stereocenters. The Morgan fingerprint density at radius 2 is 2.10 bits per heavy atom. The van der Waals surface area contributed by atoms with Crippen molar-refractivity contribution in [1.82, 2.24) is 10.3 Å². The molecule has 106 valence electrons. The molecule has 1 atom stereocenters. The lowest BCUT2D eigenvalue weighted by Crippen LogP contribution is -2.20. The second-order valence-electron chi connectivity index (χ2n) is 4.60. The number of ether oxygens (including phenoxy) is 1. The molecular weight excluding hydrogens is 257 g/mol. The minimum atomic E-state index is -0.388. The Bertz CT molecular complexity index is 616. The summed E-state index contributed by atoms with van der Waals surface area (Å²) >= 11 is 0. The maximum Gasteiger partial charge on any atom is 0.165 e. The molecule has 0 aliphatic heterocycles. The van der Waals surface area contributed by atoms with Crippen LogP contribution in [0.1, 0.15) is 22.7 Å². The van der Waals surface area contributed by atoms with Gasteiger partial charge in [0.05, 0.1) is 13.2 Å². The number of methoxy groups -OCH3 is 1. The van der Waals surface area contributed by atoms with E-state index in [0.29, 0.717) is 5.82 Å². The molecule has 0 spiro atoms. The van der Waals surface area contributed by atoms with Crippen LogP contribution in [0.3, 0.4) is 0 Å². The third-order valence-electron chi connectivity index (χ3n) is 3.19. The summed E-state index contributed by atoms with van der Waals surface area (Å²) in [6.45, 7) is 1.95. The highest BCUT2D eigenvalue weighted by atomic mass is 19.1. The largest absolute Gasteiger partial charge is 0.494 e. The van der Waals surface area contributed by atoms with Crippen LogP contribution in [0.4, 0.5) is 10.2 Å². The SMILES string of the molecule is CNC(c1ccc(F)c(OC)c1)c1cc(C)cnc1N. The molecule has 0 radical (unpaired) electrons. The van der Waals surface area contributed by atoms with Crippen LogP contribution in [-0.2, 0) is 0 Å². The van der Waals surface area contributed by atoms with Gasteiger partial charge in [0.15, 0.2) is 11.6 Å². The first-order chi connectivity index (χ1) is 9.56. The standard InChI is InChI=1S/C15H18FN3O/c1-9-6-11(15(17)19-8-9)14(18-2)10-4-5-12(16)13(7-10)20-3/h4-8,14,18H,1-3H3,(H2,17,19). The topological polar surface area (TPSA) is 60.2 Å². The first kappa shape index (κ1) is 14.3. The van der Waals surface area contributed by atoms with Gasteiger partial charge in [-0.25, -0.2) is 9.37 Å². The molecule has 0 fully saturated rings. The normalized spacial score (nSPS) is 12.2. The van der Waals surface area contributed by atoms with E-state index in [1.165, 1.54) is 13.2 Å². The van der Waals surface area contributed by atoms with Gasteiger partial charge >= 0.3 is 0 Å². The van der Waals surface area contributed by atoms with Crippen LogP contribution >= 0.6 is 0 Å². The minimum Gasteiger partial charge on any atom is -0.494 e. The van der Waals surface area contributed by atoms with Gasteiger partial charge in [-0.3, -0.25) is 0 Å². The molecule has 4 nitrogen and oxygen atoms in total. The number of pyridine rings is 1. The van der Waals surface area contributed by atoms with Crippen LogP contribution in [0.2, 0.25) is 0 Å². The Morgan fingerprint density at radius 3 is 2.75 bits per heavy atom. The second kappa shape index (κ2) is 5.88. The Morgan fingerprint density at radius 1 is 1.35 bits per heavy atom. The summed E-state index contributed by atoms with van der Waals surface area (Å²) in [4.78, 5) is 4.17. The summed E-state index contributed by atoms with van der Waals surface area (Å²) in [5, 5.41) is 3.18. The number of anilines is 1. The summed E-state index contributed by atoms with van der Waals surface area (Å²) in [6, 6.07) is 6.56. The smallest absolute Gasteiger partial charge is 0.165 e. The van der Waals surface area contributed by atoms with Gasteiger partial charge in [-0.15, -0.1) is 0 Å². The molecular formula is C15H18FN3O. The highest BCUT2D eigenvalue weighted by molar-refractivity contribution is 5.48. The fourth-order valence-electron chi connectivity index (χ4n) is 2.19. The third-order valence-corrected chi connectivity index (χ3v) is 3.19. The highest BCUT2D eigenvalue weighted by Gasteiger charge is 2.17. The molecule has 0 saturated heterocycles. The van der Waals surface area contributed by atoms with E-state index in [1.54, 1.807) is 18.3 Å². The molecule has 1 aromatic heterocycles. The predicted molar refractivity (Wildman–Crippen MR) is 77.2 cm³/mol. The minimum absolute atomic E-state index is 0.170. The number of hydrogen-bond donors (Lipinski definition) is 2. The number of aromatic nitrogens is 1. The van der Waals surface area contributed by atoms with Crippen molar-refractivity contribution in [1.29, 1.82) is 0 Å². The summed E-state index contributed by atoms with van der Waals surface area (Å²) < 4.78 is 18.5. The molecule has 1 heterocycles. The van der Waals surface area contributed by atoms with Crippen molar-refractivity contribution < 1.29 is 9.13 Å². The van der Waals surface area contributed by atoms with Crippen molar-refractivity contribution in [2.24, 2.45) is 0 Å². The average Bonchev–Trinajstić information content (AvgIpc) is 2.45. The number of nitrogens with zero attached hydrogens (tertiary/aromatic N) is 1. The van der Waals surface area contributed by atoms with Gasteiger partial charge < -0.3 is 15.8 Å². The van der Waals surface area contributed by atoms with E-state index in [0.717, 1.165) is 16.7 Å². The van der Waals surface area contributed by atoms with Crippen LogP contribution in [0, 0.1) is 12.7 Å². The van der Waals surface area contributed by atoms with Crippen molar-refractivity contribution in [3.05, 3.63) is 53.0 Å². The molecule has 0 aliphatic rings. The molecule has 20 heavy (non-hydrogen) atoms. The highest BCUT2D eigenvalue weighted by Crippen LogP contribution is 2.29. The monoisotopic (exact) mass is 275 g/mol. The number of rotatable bonds is 4. The van der Waals surface area contributed by atoms with Crippen molar-refractivity contribution in [3.8, 4) is 5.75 Å². The number of hydrogen-bond acceptors (Lipinski definition) is 4. The van der Waals surface area contributed by atoms with Gasteiger partial charge in [0.25, 0.3) is 0 Å². The van der Waals surface area contributed by atoms with E-state index < -0.39 is 0 Å². The molecule has 0 amide bonds. The molecule has 1 aromatic carbocycles. The zero-order valence-electron chi connectivity index (χ0n) is 11.8. The van der Waals surface area contributed by atoms with Crippen molar-refractivity contribution in [2.45, 2.75) is 13.0 Å². The van der Waals surface area contributed by atoms with E-state index in [2.05, 4.69) is 10.3 Å². The number of benzene rings is 1. The van der Waals surface area contributed by atoms with Crippen molar-refractivity contribution in [2.75, 3.05) is 19.9 Å². The number of nitrogens with two attached hydrogens (primary N) is 1. The van der Waals surface area contributed by atoms with Gasteiger partial charge in [-0.1, -0.05) is 6.07 Å². The molecule has 0 saturated carbocycles. The van der Waals surface area contributed by atoms with Crippen LogP contribution in [0.5, 0.6) is 5.75 Å². The molecule has 5 heteroatoms. The average molecular weight is 275 g/mol. The van der Waals surface area contributed by atoms with Gasteiger partial charge in [0.2, 0.25) is 0 Å². The maximum atomic E-state index is 13.5. The number of nitrogen functional groups attached to an aromatic ring is 1. The lowest BCUT2D eigenvalue weighted by Gasteiger charge is -2.19. The first-order valence-electron chi connectivity index (χ1n) is 6.29. The van der Waals surface area contributed by atoms with E-state index >= 15 is 0 Å². The lowest BCUT2D eigenvalue weighted by molar-refractivity contribution is 0.385. The molecule has 2 aromatic rings. The summed E-state index contributed by atoms with van der Waals surface area (Å²) in [6.07, 6.45) is 1.72. The van der Waals surface area contributed by atoms with Gasteiger partial charge in [0.1, 0.15) is 5.82 Å². The van der Waals surface area contributed by atoms with E-state index in [1.807, 2.05) is 20.0 Å². The van der Waals surface area contributed by atoms with Gasteiger partial charge in [0, 0.05) is 11.8 Å².